The van der Waals surface area contributed by atoms with Crippen LogP contribution >= 0.6 is 0 Å². The lowest BCUT2D eigenvalue weighted by atomic mass is 9.97. The summed E-state index contributed by atoms with van der Waals surface area (Å²) in [5.41, 5.74) is 1.15. The number of nitrogens with one attached hydrogen (secondary N) is 1. The van der Waals surface area contributed by atoms with Crippen molar-refractivity contribution in [2.75, 3.05) is 13.7 Å². The van der Waals surface area contributed by atoms with E-state index < -0.39 is 0 Å². The zero-order valence-electron chi connectivity index (χ0n) is 13.6. The molecule has 1 N–H and O–H groups in total. The highest BCUT2D eigenvalue weighted by Crippen LogP contribution is 2.31. The quantitative estimate of drug-likeness (QED) is 0.821. The Morgan fingerprint density at radius 1 is 1.14 bits per heavy atom. The van der Waals surface area contributed by atoms with Crippen molar-refractivity contribution in [3.63, 3.8) is 0 Å². The van der Waals surface area contributed by atoms with Gasteiger partial charge >= 0.3 is 0 Å². The summed E-state index contributed by atoms with van der Waals surface area (Å²) in [5, 5.41) is 3.50. The molecule has 0 spiro atoms. The summed E-state index contributed by atoms with van der Waals surface area (Å²) in [6.45, 7) is 5.16. The van der Waals surface area contributed by atoms with Gasteiger partial charge in [-0.25, -0.2) is 0 Å². The fourth-order valence-corrected chi connectivity index (χ4v) is 2.94. The van der Waals surface area contributed by atoms with E-state index in [0.717, 1.165) is 17.9 Å². The molecule has 2 rings (SSSR count). The summed E-state index contributed by atoms with van der Waals surface area (Å²) in [4.78, 5) is 0. The van der Waals surface area contributed by atoms with Crippen LogP contribution in [0.4, 0.5) is 0 Å². The minimum absolute atomic E-state index is 0.0617. The summed E-state index contributed by atoms with van der Waals surface area (Å²) in [5.74, 6) is 0.920. The number of ether oxygens (including phenoxy) is 2. The van der Waals surface area contributed by atoms with Gasteiger partial charge in [-0.15, -0.1) is 0 Å². The van der Waals surface area contributed by atoms with Crippen molar-refractivity contribution in [2.24, 2.45) is 0 Å². The summed E-state index contributed by atoms with van der Waals surface area (Å²) in [6.07, 6.45) is 6.76. The largest absolute Gasteiger partial charge is 0.496 e. The van der Waals surface area contributed by atoms with Gasteiger partial charge in [-0.1, -0.05) is 51.3 Å². The van der Waals surface area contributed by atoms with E-state index in [-0.39, 0.29) is 6.10 Å². The minimum Gasteiger partial charge on any atom is -0.496 e. The smallest absolute Gasteiger partial charge is 0.124 e. The van der Waals surface area contributed by atoms with Crippen LogP contribution in [0.25, 0.3) is 0 Å². The molecule has 1 atom stereocenters. The molecule has 1 fully saturated rings. The molecule has 0 radical (unpaired) electrons. The van der Waals surface area contributed by atoms with E-state index in [1.54, 1.807) is 7.11 Å². The summed E-state index contributed by atoms with van der Waals surface area (Å²) in [6, 6.07) is 8.66. The van der Waals surface area contributed by atoms with Crippen molar-refractivity contribution < 1.29 is 9.47 Å². The maximum Gasteiger partial charge on any atom is 0.124 e. The van der Waals surface area contributed by atoms with Gasteiger partial charge in [-0.3, -0.25) is 0 Å². The lowest BCUT2D eigenvalue weighted by Gasteiger charge is -2.29. The highest BCUT2D eigenvalue weighted by molar-refractivity contribution is 5.35. The van der Waals surface area contributed by atoms with Crippen LogP contribution in [0.1, 0.15) is 57.6 Å². The number of hydrogen-bond acceptors (Lipinski definition) is 3. The normalized spacial score (nSPS) is 17.9. The zero-order valence-corrected chi connectivity index (χ0v) is 13.6. The molecule has 0 aliphatic heterocycles. The molecule has 1 aliphatic carbocycles. The molecule has 1 saturated carbocycles. The van der Waals surface area contributed by atoms with Gasteiger partial charge in [0.25, 0.3) is 0 Å². The predicted molar refractivity (Wildman–Crippen MR) is 86.8 cm³/mol. The van der Waals surface area contributed by atoms with Gasteiger partial charge in [0.1, 0.15) is 5.75 Å². The van der Waals surface area contributed by atoms with E-state index in [1.165, 1.54) is 32.1 Å². The van der Waals surface area contributed by atoms with Crippen LogP contribution in [-0.2, 0) is 4.74 Å². The fraction of sp³-hybridized carbons (Fsp3) is 0.667. The SMILES string of the molecule is COc1ccccc1C(CNC(C)C)OC1CCCCC1. The number of methoxy groups -OCH3 is 1. The number of hydrogen-bond donors (Lipinski definition) is 1. The van der Waals surface area contributed by atoms with Crippen molar-refractivity contribution in [1.82, 2.24) is 5.32 Å². The molecule has 3 heteroatoms. The highest BCUT2D eigenvalue weighted by atomic mass is 16.5. The maximum atomic E-state index is 6.43. The first-order valence-corrected chi connectivity index (χ1v) is 8.22. The second-order valence-corrected chi connectivity index (χ2v) is 6.19. The first-order valence-electron chi connectivity index (χ1n) is 8.22. The van der Waals surface area contributed by atoms with Gasteiger partial charge in [0.05, 0.1) is 19.3 Å². The lowest BCUT2D eigenvalue weighted by molar-refractivity contribution is -0.0321. The summed E-state index contributed by atoms with van der Waals surface area (Å²) < 4.78 is 11.9. The Kier molecular flexibility index (Phi) is 6.52. The monoisotopic (exact) mass is 291 g/mol. The Bertz CT molecular complexity index is 413. The molecule has 0 saturated heterocycles. The third-order valence-corrected chi connectivity index (χ3v) is 4.11. The Morgan fingerprint density at radius 3 is 2.52 bits per heavy atom. The van der Waals surface area contributed by atoms with Gasteiger partial charge in [0, 0.05) is 18.2 Å². The lowest BCUT2D eigenvalue weighted by Crippen LogP contribution is -2.32. The summed E-state index contributed by atoms with van der Waals surface area (Å²) >= 11 is 0. The van der Waals surface area contributed by atoms with Crippen molar-refractivity contribution in [3.8, 4) is 5.75 Å². The average Bonchev–Trinajstić information content (AvgIpc) is 2.52. The Balaban J connectivity index is 2.09. The molecule has 118 valence electrons. The molecule has 0 amide bonds. The number of benzene rings is 1. The van der Waals surface area contributed by atoms with Gasteiger partial charge in [0.2, 0.25) is 0 Å². The molecule has 0 bridgehead atoms. The van der Waals surface area contributed by atoms with Crippen LogP contribution in [0.2, 0.25) is 0 Å². The highest BCUT2D eigenvalue weighted by Gasteiger charge is 2.22. The first-order chi connectivity index (χ1) is 10.2. The molecule has 1 aliphatic rings. The minimum atomic E-state index is 0.0617. The van der Waals surface area contributed by atoms with Gasteiger partial charge in [-0.05, 0) is 18.9 Å². The molecule has 0 heterocycles. The zero-order chi connectivity index (χ0) is 15.1. The maximum absolute atomic E-state index is 6.43. The first kappa shape index (κ1) is 16.3. The molecular formula is C18H29NO2. The van der Waals surface area contributed by atoms with Crippen molar-refractivity contribution in [1.29, 1.82) is 0 Å². The van der Waals surface area contributed by atoms with Gasteiger partial charge in [0.15, 0.2) is 0 Å². The topological polar surface area (TPSA) is 30.5 Å². The van der Waals surface area contributed by atoms with E-state index >= 15 is 0 Å². The van der Waals surface area contributed by atoms with Crippen LogP contribution in [0, 0.1) is 0 Å². The Labute approximate surface area is 129 Å². The van der Waals surface area contributed by atoms with E-state index in [4.69, 9.17) is 9.47 Å². The molecule has 1 aromatic carbocycles. The van der Waals surface area contributed by atoms with Crippen LogP contribution in [0.5, 0.6) is 5.75 Å². The second-order valence-electron chi connectivity index (χ2n) is 6.19. The van der Waals surface area contributed by atoms with Crippen LogP contribution in [0.15, 0.2) is 24.3 Å². The molecule has 1 aromatic rings. The van der Waals surface area contributed by atoms with Gasteiger partial charge < -0.3 is 14.8 Å². The standard InChI is InChI=1S/C18H29NO2/c1-14(2)19-13-18(21-15-9-5-4-6-10-15)16-11-7-8-12-17(16)20-3/h7-8,11-12,14-15,18-19H,4-6,9-10,13H2,1-3H3. The Morgan fingerprint density at radius 2 is 1.86 bits per heavy atom. The van der Waals surface area contributed by atoms with Gasteiger partial charge in [-0.2, -0.15) is 0 Å². The molecule has 21 heavy (non-hydrogen) atoms. The second kappa shape index (κ2) is 8.40. The predicted octanol–water partition coefficient (Wildman–Crippen LogP) is 4.08. The molecule has 0 aromatic heterocycles. The van der Waals surface area contributed by atoms with E-state index in [0.29, 0.717) is 12.1 Å². The number of rotatable bonds is 7. The van der Waals surface area contributed by atoms with Crippen LogP contribution in [0.3, 0.4) is 0 Å². The number of para-hydroxylation sites is 1. The van der Waals surface area contributed by atoms with E-state index in [1.807, 2.05) is 12.1 Å². The van der Waals surface area contributed by atoms with Crippen LogP contribution in [-0.4, -0.2) is 25.8 Å². The molecule has 1 unspecified atom stereocenters. The molecule has 3 nitrogen and oxygen atoms in total. The summed E-state index contributed by atoms with van der Waals surface area (Å²) in [7, 11) is 1.73. The third-order valence-electron chi connectivity index (χ3n) is 4.11. The van der Waals surface area contributed by atoms with Crippen molar-refractivity contribution in [3.05, 3.63) is 29.8 Å². The van der Waals surface area contributed by atoms with Crippen molar-refractivity contribution >= 4 is 0 Å². The van der Waals surface area contributed by atoms with E-state index in [9.17, 15) is 0 Å². The third kappa shape index (κ3) is 5.01. The fourth-order valence-electron chi connectivity index (χ4n) is 2.94. The Hall–Kier alpha value is -1.06. The van der Waals surface area contributed by atoms with Crippen molar-refractivity contribution in [2.45, 2.75) is 64.2 Å². The van der Waals surface area contributed by atoms with E-state index in [2.05, 4.69) is 31.3 Å². The average molecular weight is 291 g/mol. The van der Waals surface area contributed by atoms with Crippen LogP contribution < -0.4 is 10.1 Å². The molecular weight excluding hydrogens is 262 g/mol.